The molecule has 0 radical (unpaired) electrons. The molecule has 6 nitrogen and oxygen atoms in total. The van der Waals surface area contributed by atoms with Gasteiger partial charge in [0.25, 0.3) is 0 Å². The van der Waals surface area contributed by atoms with Gasteiger partial charge in [-0.3, -0.25) is 0 Å². The molecule has 3 fully saturated rings. The Balaban J connectivity index is 1.71. The van der Waals surface area contributed by atoms with Crippen LogP contribution in [0.2, 0.25) is 0 Å². The smallest absolute Gasteiger partial charge is 0.190 e. The normalized spacial score (nSPS) is 51.8. The van der Waals surface area contributed by atoms with E-state index >= 15 is 0 Å². The Morgan fingerprint density at radius 1 is 0.944 bits per heavy atom. The molecule has 6 heteroatoms. The van der Waals surface area contributed by atoms with Gasteiger partial charge >= 0.3 is 0 Å². The average molecular weight is 260 g/mol. The van der Waals surface area contributed by atoms with Gasteiger partial charge in [-0.15, -0.1) is 0 Å². The molecule has 0 aromatic rings. The second-order valence-electron chi connectivity index (χ2n) is 4.88. The molecular weight excluding hydrogens is 240 g/mol. The van der Waals surface area contributed by atoms with Crippen molar-refractivity contribution in [3.63, 3.8) is 0 Å². The van der Waals surface area contributed by atoms with Crippen molar-refractivity contribution in [3.8, 4) is 0 Å². The molecule has 18 heavy (non-hydrogen) atoms. The largest absolute Gasteiger partial charge is 0.387 e. The zero-order chi connectivity index (χ0) is 12.7. The first-order valence-corrected chi connectivity index (χ1v) is 6.64. The molecule has 104 valence electrons. The maximum atomic E-state index is 10.3. The fourth-order valence-electron chi connectivity index (χ4n) is 2.63. The van der Waals surface area contributed by atoms with Crippen LogP contribution in [-0.4, -0.2) is 55.0 Å². The summed E-state index contributed by atoms with van der Waals surface area (Å²) in [5, 5.41) is 10.3. The van der Waals surface area contributed by atoms with E-state index in [-0.39, 0.29) is 18.7 Å². The van der Waals surface area contributed by atoms with Crippen LogP contribution < -0.4 is 0 Å². The Morgan fingerprint density at radius 2 is 1.67 bits per heavy atom. The van der Waals surface area contributed by atoms with Crippen molar-refractivity contribution in [2.75, 3.05) is 6.61 Å². The van der Waals surface area contributed by atoms with E-state index in [0.29, 0.717) is 6.61 Å². The van der Waals surface area contributed by atoms with E-state index < -0.39 is 24.6 Å². The minimum absolute atomic E-state index is 0.273. The van der Waals surface area contributed by atoms with Crippen LogP contribution in [0.25, 0.3) is 0 Å². The highest BCUT2D eigenvalue weighted by Gasteiger charge is 2.53. The highest BCUT2D eigenvalue weighted by Crippen LogP contribution is 2.35. The minimum atomic E-state index is -0.733. The number of ether oxygens (including phenoxy) is 5. The molecule has 7 unspecified atom stereocenters. The number of aliphatic hydroxyl groups is 1. The molecule has 3 saturated heterocycles. The first-order chi connectivity index (χ1) is 8.72. The highest BCUT2D eigenvalue weighted by molar-refractivity contribution is 4.95. The van der Waals surface area contributed by atoms with Crippen LogP contribution in [0.4, 0.5) is 0 Å². The molecule has 3 rings (SSSR count). The molecule has 3 aliphatic heterocycles. The summed E-state index contributed by atoms with van der Waals surface area (Å²) in [4.78, 5) is 0. The molecule has 3 heterocycles. The highest BCUT2D eigenvalue weighted by atomic mass is 16.8. The predicted octanol–water partition coefficient (Wildman–Crippen LogP) is 0.375. The third-order valence-corrected chi connectivity index (χ3v) is 3.63. The maximum absolute atomic E-state index is 10.3. The molecule has 7 atom stereocenters. The third-order valence-electron chi connectivity index (χ3n) is 3.63. The van der Waals surface area contributed by atoms with Crippen LogP contribution in [0.5, 0.6) is 0 Å². The summed E-state index contributed by atoms with van der Waals surface area (Å²) in [6.07, 6.45) is -1.51. The summed E-state index contributed by atoms with van der Waals surface area (Å²) in [7, 11) is 0. The molecule has 0 aromatic carbocycles. The van der Waals surface area contributed by atoms with Crippen molar-refractivity contribution in [1.82, 2.24) is 0 Å². The zero-order valence-electron chi connectivity index (χ0n) is 10.7. The second kappa shape index (κ2) is 5.03. The summed E-state index contributed by atoms with van der Waals surface area (Å²) >= 11 is 0. The standard InChI is InChI=1S/C12H20O6/c1-3-7-14-5-6-10(16-7)9(13)11-12(15-6)18-8(4-2)17-11/h6-13H,3-5H2,1-2H3. The molecule has 3 aliphatic rings. The van der Waals surface area contributed by atoms with Crippen molar-refractivity contribution in [1.29, 1.82) is 0 Å². The Labute approximate surface area is 106 Å². The van der Waals surface area contributed by atoms with Gasteiger partial charge in [-0.1, -0.05) is 13.8 Å². The predicted molar refractivity (Wildman–Crippen MR) is 59.6 cm³/mol. The number of aliphatic hydroxyl groups excluding tert-OH is 1. The molecule has 0 bridgehead atoms. The number of fused-ring (bicyclic) bond motifs is 2. The van der Waals surface area contributed by atoms with E-state index in [1.807, 2.05) is 13.8 Å². The first-order valence-electron chi connectivity index (χ1n) is 6.64. The lowest BCUT2D eigenvalue weighted by atomic mass is 9.98. The summed E-state index contributed by atoms with van der Waals surface area (Å²) in [5.41, 5.74) is 0. The van der Waals surface area contributed by atoms with E-state index in [1.54, 1.807) is 0 Å². The molecule has 0 aromatic heterocycles. The lowest BCUT2D eigenvalue weighted by Gasteiger charge is -2.44. The monoisotopic (exact) mass is 260 g/mol. The Bertz CT molecular complexity index is 296. The van der Waals surface area contributed by atoms with Crippen LogP contribution in [0, 0.1) is 0 Å². The van der Waals surface area contributed by atoms with Crippen LogP contribution in [0.3, 0.4) is 0 Å². The summed E-state index contributed by atoms with van der Waals surface area (Å²) in [5.74, 6) is 0. The zero-order valence-corrected chi connectivity index (χ0v) is 10.7. The molecule has 0 aliphatic carbocycles. The van der Waals surface area contributed by atoms with Gasteiger partial charge in [0.15, 0.2) is 18.9 Å². The van der Waals surface area contributed by atoms with Crippen molar-refractivity contribution < 1.29 is 28.8 Å². The van der Waals surface area contributed by atoms with Crippen LogP contribution in [0.15, 0.2) is 0 Å². The fraction of sp³-hybridized carbons (Fsp3) is 1.00. The van der Waals surface area contributed by atoms with Crippen molar-refractivity contribution in [2.45, 2.75) is 70.0 Å². The Kier molecular flexibility index (Phi) is 3.57. The topological polar surface area (TPSA) is 66.4 Å². The third kappa shape index (κ3) is 2.07. The Morgan fingerprint density at radius 3 is 2.39 bits per heavy atom. The van der Waals surface area contributed by atoms with Crippen LogP contribution in [-0.2, 0) is 23.7 Å². The van der Waals surface area contributed by atoms with Crippen LogP contribution in [0.1, 0.15) is 26.7 Å². The average Bonchev–Trinajstić information content (AvgIpc) is 2.82. The first kappa shape index (κ1) is 12.8. The number of rotatable bonds is 2. The van der Waals surface area contributed by atoms with E-state index in [0.717, 1.165) is 12.8 Å². The maximum Gasteiger partial charge on any atom is 0.190 e. The summed E-state index contributed by atoms with van der Waals surface area (Å²) < 4.78 is 28.1. The van der Waals surface area contributed by atoms with Crippen LogP contribution >= 0.6 is 0 Å². The second-order valence-corrected chi connectivity index (χ2v) is 4.88. The van der Waals surface area contributed by atoms with Gasteiger partial charge in [-0.2, -0.15) is 0 Å². The van der Waals surface area contributed by atoms with Crippen molar-refractivity contribution >= 4 is 0 Å². The Hall–Kier alpha value is -0.240. The molecule has 0 saturated carbocycles. The lowest BCUT2D eigenvalue weighted by molar-refractivity contribution is -0.335. The number of hydrogen-bond acceptors (Lipinski definition) is 6. The van der Waals surface area contributed by atoms with Crippen molar-refractivity contribution in [2.24, 2.45) is 0 Å². The van der Waals surface area contributed by atoms with Gasteiger partial charge in [-0.05, 0) is 12.8 Å². The summed E-state index contributed by atoms with van der Waals surface area (Å²) in [6.45, 7) is 4.36. The van der Waals surface area contributed by atoms with Crippen molar-refractivity contribution in [3.05, 3.63) is 0 Å². The number of hydrogen-bond donors (Lipinski definition) is 1. The van der Waals surface area contributed by atoms with Gasteiger partial charge in [0.1, 0.15) is 24.4 Å². The molecule has 0 spiro atoms. The fourth-order valence-corrected chi connectivity index (χ4v) is 2.63. The minimum Gasteiger partial charge on any atom is -0.387 e. The molecular formula is C12H20O6. The van der Waals surface area contributed by atoms with E-state index in [9.17, 15) is 5.11 Å². The van der Waals surface area contributed by atoms with Gasteiger partial charge in [0.2, 0.25) is 0 Å². The molecule has 1 N–H and O–H groups in total. The van der Waals surface area contributed by atoms with E-state index in [2.05, 4.69) is 0 Å². The SMILES string of the molecule is CCC1OCC2OC3OC(CC)OC3C(O)C2O1. The quantitative estimate of drug-likeness (QED) is 0.774. The van der Waals surface area contributed by atoms with E-state index in [1.165, 1.54) is 0 Å². The lowest BCUT2D eigenvalue weighted by Crippen LogP contribution is -2.61. The van der Waals surface area contributed by atoms with E-state index in [4.69, 9.17) is 23.7 Å². The summed E-state index contributed by atoms with van der Waals surface area (Å²) in [6, 6.07) is 0. The van der Waals surface area contributed by atoms with Gasteiger partial charge < -0.3 is 28.8 Å². The van der Waals surface area contributed by atoms with Gasteiger partial charge in [0.05, 0.1) is 6.61 Å². The van der Waals surface area contributed by atoms with Gasteiger partial charge in [-0.25, -0.2) is 0 Å². The van der Waals surface area contributed by atoms with Gasteiger partial charge in [0, 0.05) is 0 Å². The molecule has 0 amide bonds.